The first kappa shape index (κ1) is 52.7. The van der Waals surface area contributed by atoms with Gasteiger partial charge in [-0.2, -0.15) is 0 Å². The van der Waals surface area contributed by atoms with Crippen molar-refractivity contribution in [2.45, 2.75) is 39.5 Å². The smallest absolute Gasteiger partial charge is 0.0544 e. The van der Waals surface area contributed by atoms with Gasteiger partial charge in [-0.05, 0) is 239 Å². The van der Waals surface area contributed by atoms with E-state index in [1.54, 1.807) is 0 Å². The molecule has 0 fully saturated rings. The molecule has 418 valence electrons. The van der Waals surface area contributed by atoms with Gasteiger partial charge in [0.15, 0.2) is 0 Å². The first-order chi connectivity index (χ1) is 43.2. The molecule has 15 aromatic rings. The zero-order valence-corrected chi connectivity index (χ0v) is 50.0. The highest BCUT2D eigenvalue weighted by atomic mass is 15.0. The molecule has 0 atom stereocenters. The van der Waals surface area contributed by atoms with Crippen LogP contribution in [-0.4, -0.2) is 9.13 Å². The van der Waals surface area contributed by atoms with Crippen molar-refractivity contribution in [2.75, 3.05) is 0 Å². The quantitative estimate of drug-likeness (QED) is 0.122. The Balaban J connectivity index is 0.780. The van der Waals surface area contributed by atoms with Crippen LogP contribution in [0.15, 0.2) is 303 Å². The van der Waals surface area contributed by atoms with Gasteiger partial charge in [0.05, 0.1) is 16.6 Å². The molecule has 0 radical (unpaired) electrons. The van der Waals surface area contributed by atoms with E-state index in [2.05, 4.69) is 340 Å². The summed E-state index contributed by atoms with van der Waals surface area (Å²) in [5.41, 5.74) is 33.1. The van der Waals surface area contributed by atoms with Gasteiger partial charge in [-0.1, -0.05) is 215 Å². The number of hydrogen-bond acceptors (Lipinski definition) is 0. The van der Waals surface area contributed by atoms with E-state index in [0.29, 0.717) is 0 Å². The van der Waals surface area contributed by atoms with Crippen molar-refractivity contribution in [1.82, 2.24) is 9.13 Å². The van der Waals surface area contributed by atoms with Crippen molar-refractivity contribution in [1.29, 1.82) is 0 Å². The fourth-order valence-corrected chi connectivity index (χ4v) is 14.4. The minimum Gasteiger partial charge on any atom is -0.313 e. The van der Waals surface area contributed by atoms with E-state index in [0.717, 1.165) is 17.8 Å². The third-order valence-corrected chi connectivity index (χ3v) is 18.9. The topological polar surface area (TPSA) is 9.86 Å². The van der Waals surface area contributed by atoms with Crippen LogP contribution < -0.4 is 0 Å². The molecule has 1 aliphatic rings. The second-order valence-electron chi connectivity index (χ2n) is 24.4. The van der Waals surface area contributed by atoms with E-state index in [1.807, 2.05) is 0 Å². The lowest BCUT2D eigenvalue weighted by Gasteiger charge is -2.21. The highest BCUT2D eigenvalue weighted by molar-refractivity contribution is 6.13. The van der Waals surface area contributed by atoms with Crippen molar-refractivity contribution in [2.24, 2.45) is 0 Å². The van der Waals surface area contributed by atoms with Crippen molar-refractivity contribution < 1.29 is 0 Å². The molecule has 0 bridgehead atoms. The predicted molar refractivity (Wildman–Crippen MR) is 373 cm³/mol. The maximum Gasteiger partial charge on any atom is 0.0544 e. The molecule has 0 unspecified atom stereocenters. The fourth-order valence-electron chi connectivity index (χ4n) is 14.4. The zero-order valence-electron chi connectivity index (χ0n) is 50.0. The first-order valence-corrected chi connectivity index (χ1v) is 30.9. The molecule has 13 aromatic carbocycles. The van der Waals surface area contributed by atoms with Crippen LogP contribution in [0.25, 0.3) is 144 Å². The Morgan fingerprint density at radius 1 is 0.261 bits per heavy atom. The third-order valence-electron chi connectivity index (χ3n) is 18.9. The summed E-state index contributed by atoms with van der Waals surface area (Å²) in [4.78, 5) is 0. The van der Waals surface area contributed by atoms with Crippen LogP contribution in [0, 0.1) is 6.92 Å². The Kier molecular flexibility index (Phi) is 12.8. The molecule has 88 heavy (non-hydrogen) atoms. The van der Waals surface area contributed by atoms with E-state index >= 15 is 0 Å². The van der Waals surface area contributed by atoms with Gasteiger partial charge in [-0.3, -0.25) is 0 Å². The molecule has 0 spiro atoms. The highest BCUT2D eigenvalue weighted by Gasteiger charge is 2.36. The van der Waals surface area contributed by atoms with E-state index in [9.17, 15) is 0 Å². The molecule has 0 saturated carbocycles. The Hall–Kier alpha value is -10.8. The average molecular weight is 1130 g/mol. The minimum absolute atomic E-state index is 0.150. The van der Waals surface area contributed by atoms with Crippen molar-refractivity contribution in [3.05, 3.63) is 326 Å². The van der Waals surface area contributed by atoms with Gasteiger partial charge < -0.3 is 9.13 Å². The summed E-state index contributed by atoms with van der Waals surface area (Å²) in [6.07, 6.45) is 0.908. The van der Waals surface area contributed by atoms with Crippen LogP contribution in [-0.2, 0) is 11.8 Å². The Morgan fingerprint density at radius 3 is 1.08 bits per heavy atom. The number of hydrogen-bond donors (Lipinski definition) is 0. The third kappa shape index (κ3) is 9.02. The van der Waals surface area contributed by atoms with Crippen molar-refractivity contribution in [3.8, 4) is 112 Å². The van der Waals surface area contributed by atoms with E-state index in [1.165, 1.54) is 155 Å². The number of aromatic nitrogens is 2. The maximum atomic E-state index is 2.51. The molecular formula is C86H64N2. The average Bonchev–Trinajstić information content (AvgIpc) is 1.65. The molecule has 1 aliphatic carbocycles. The Morgan fingerprint density at radius 2 is 0.614 bits per heavy atom. The fraction of sp³-hybridized carbons (Fsp3) is 0.0698. The molecule has 0 saturated heterocycles. The summed E-state index contributed by atoms with van der Waals surface area (Å²) in [6.45, 7) is 9.36. The van der Waals surface area contributed by atoms with Crippen LogP contribution in [0.2, 0.25) is 0 Å². The number of rotatable bonds is 11. The lowest BCUT2D eigenvalue weighted by Crippen LogP contribution is -2.14. The summed E-state index contributed by atoms with van der Waals surface area (Å²) in [6, 6.07) is 113. The van der Waals surface area contributed by atoms with Gasteiger partial charge >= 0.3 is 0 Å². The minimum atomic E-state index is -0.150. The largest absolute Gasteiger partial charge is 0.313 e. The Labute approximate surface area is 515 Å². The van der Waals surface area contributed by atoms with Gasteiger partial charge in [0.1, 0.15) is 0 Å². The molecule has 2 aromatic heterocycles. The molecule has 0 aliphatic heterocycles. The summed E-state index contributed by atoms with van der Waals surface area (Å²) >= 11 is 0. The molecular weight excluding hydrogens is 1060 g/mol. The van der Waals surface area contributed by atoms with Gasteiger partial charge in [0.25, 0.3) is 0 Å². The SMILES string of the molecule is CCc1c(C)c2cc(-c3cccc(-c4cc(-c5ccccc5)cc(-c5ccccc5)c4)c3)ccc2n1-c1ccc(-n2c3ccc(-c4cccc(-c5cc(-c6ccccc6)cc(-c6ccccc6)c5)c4)cc3c3cc4c(cc32)C(C)(C)c2ccccc2-4)cc1. The molecule has 0 amide bonds. The summed E-state index contributed by atoms with van der Waals surface area (Å²) < 4.78 is 5.00. The Bertz CT molecular complexity index is 5060. The van der Waals surface area contributed by atoms with Crippen LogP contribution in [0.5, 0.6) is 0 Å². The number of benzene rings is 13. The van der Waals surface area contributed by atoms with E-state index in [-0.39, 0.29) is 5.41 Å². The lowest BCUT2D eigenvalue weighted by molar-refractivity contribution is 0.661. The first-order valence-electron chi connectivity index (χ1n) is 30.9. The maximum absolute atomic E-state index is 2.51. The molecule has 2 heterocycles. The van der Waals surface area contributed by atoms with E-state index in [4.69, 9.17) is 0 Å². The van der Waals surface area contributed by atoms with Gasteiger partial charge in [0.2, 0.25) is 0 Å². The standard InChI is InChI=1S/C86H64N2/c1-5-82-56(2)76-52-65(61-30-20-32-63(44-61)71-48-67(57-22-10-6-11-23-57)46-68(49-71)58-24-12-7-13-25-58)36-42-83(76)87(82)73-38-40-74(41-39-73)88-84-43-37-66(53-78(84)79-54-77-75-34-18-19-35-80(75)86(3,4)81(77)55-85(79)88)62-31-21-33-64(45-62)72-50-69(59-26-14-8-15-27-59)47-70(51-72)60-28-16-9-17-29-60/h6-55H,5H2,1-4H3. The van der Waals surface area contributed by atoms with Gasteiger partial charge in [-0.15, -0.1) is 0 Å². The van der Waals surface area contributed by atoms with Crippen LogP contribution in [0.3, 0.4) is 0 Å². The number of nitrogens with zero attached hydrogens (tertiary/aromatic N) is 2. The molecule has 2 heteroatoms. The van der Waals surface area contributed by atoms with Gasteiger partial charge in [0, 0.05) is 38.6 Å². The van der Waals surface area contributed by atoms with Crippen LogP contribution >= 0.6 is 0 Å². The van der Waals surface area contributed by atoms with Gasteiger partial charge in [-0.25, -0.2) is 0 Å². The van der Waals surface area contributed by atoms with Crippen LogP contribution in [0.4, 0.5) is 0 Å². The molecule has 2 nitrogen and oxygen atoms in total. The predicted octanol–water partition coefficient (Wildman–Crippen LogP) is 23.2. The zero-order chi connectivity index (χ0) is 59.0. The van der Waals surface area contributed by atoms with Crippen LogP contribution in [0.1, 0.15) is 43.2 Å². The molecule has 16 rings (SSSR count). The van der Waals surface area contributed by atoms with Crippen molar-refractivity contribution in [3.63, 3.8) is 0 Å². The van der Waals surface area contributed by atoms with E-state index < -0.39 is 0 Å². The van der Waals surface area contributed by atoms with Crippen molar-refractivity contribution >= 4 is 32.7 Å². The summed E-state index contributed by atoms with van der Waals surface area (Å²) in [7, 11) is 0. The number of fused-ring (bicyclic) bond motifs is 7. The summed E-state index contributed by atoms with van der Waals surface area (Å²) in [5, 5.41) is 3.77. The lowest BCUT2D eigenvalue weighted by atomic mass is 9.82. The second kappa shape index (κ2) is 21.3. The molecule has 0 N–H and O–H groups in total. The normalized spacial score (nSPS) is 12.5. The number of aryl methyl sites for hydroxylation is 1. The second-order valence-corrected chi connectivity index (χ2v) is 24.4. The highest BCUT2D eigenvalue weighted by Crippen LogP contribution is 2.51. The monoisotopic (exact) mass is 1120 g/mol. The summed E-state index contributed by atoms with van der Waals surface area (Å²) in [5.74, 6) is 0.